The number of amides is 1. The summed E-state index contributed by atoms with van der Waals surface area (Å²) >= 11 is 0. The van der Waals surface area contributed by atoms with Gasteiger partial charge in [0.1, 0.15) is 6.26 Å². The Hall–Kier alpha value is -2.67. The number of hydrogen-bond acceptors (Lipinski definition) is 6. The van der Waals surface area contributed by atoms with Crippen LogP contribution in [-0.2, 0) is 6.42 Å². The molecule has 3 heterocycles. The number of guanidine groups is 1. The molecular formula is C19H23N5O2. The molecule has 2 aliphatic rings. The summed E-state index contributed by atoms with van der Waals surface area (Å²) in [5.41, 5.74) is 7.61. The van der Waals surface area contributed by atoms with E-state index in [1.54, 1.807) is 4.90 Å². The molecule has 1 aromatic heterocycles. The van der Waals surface area contributed by atoms with Gasteiger partial charge in [-0.15, -0.1) is 0 Å². The average molecular weight is 353 g/mol. The van der Waals surface area contributed by atoms with Gasteiger partial charge in [0.05, 0.1) is 6.04 Å². The van der Waals surface area contributed by atoms with Crippen molar-refractivity contribution in [2.75, 3.05) is 26.2 Å². The van der Waals surface area contributed by atoms with Crippen molar-refractivity contribution in [3.05, 3.63) is 53.7 Å². The number of carbonyl (C=O) groups excluding carboxylic acids is 1. The Morgan fingerprint density at radius 1 is 1.19 bits per heavy atom. The second-order valence-corrected chi connectivity index (χ2v) is 6.70. The monoisotopic (exact) mass is 353 g/mol. The van der Waals surface area contributed by atoms with E-state index in [-0.39, 0.29) is 11.9 Å². The van der Waals surface area contributed by atoms with Gasteiger partial charge < -0.3 is 15.1 Å². The molecule has 0 radical (unpaired) electrons. The maximum atomic E-state index is 12.9. The maximum absolute atomic E-state index is 12.9. The van der Waals surface area contributed by atoms with Gasteiger partial charge in [0.2, 0.25) is 11.9 Å². The fraction of sp³-hybridized carbons (Fsp3) is 0.421. The highest BCUT2D eigenvalue weighted by atomic mass is 16.3. The molecule has 26 heavy (non-hydrogen) atoms. The van der Waals surface area contributed by atoms with Crippen LogP contribution in [0.15, 0.2) is 46.0 Å². The molecule has 7 heteroatoms. The zero-order valence-electron chi connectivity index (χ0n) is 14.7. The second-order valence-electron chi connectivity index (χ2n) is 6.70. The number of oxazole rings is 1. The first-order valence-corrected chi connectivity index (χ1v) is 9.08. The number of hydrogen-bond donors (Lipinski definition) is 1. The lowest BCUT2D eigenvalue weighted by Crippen LogP contribution is -2.54. The van der Waals surface area contributed by atoms with Crippen LogP contribution in [0.5, 0.6) is 0 Å². The standard InChI is InChI=1S/C19H23N5O2/c20-15(12-14-6-2-1-3-7-14)17-22-16(13-26-17)18(25)24-11-5-10-23-9-4-8-21-19(23)24/h1-3,6-7,13,15H,4-5,8-12,20H2. The van der Waals surface area contributed by atoms with Gasteiger partial charge in [-0.2, -0.15) is 0 Å². The second kappa shape index (κ2) is 7.29. The highest BCUT2D eigenvalue weighted by Gasteiger charge is 2.32. The number of aromatic nitrogens is 1. The molecule has 1 amide bonds. The molecule has 2 aliphatic heterocycles. The normalized spacial score (nSPS) is 18.3. The molecule has 0 bridgehead atoms. The van der Waals surface area contributed by atoms with Gasteiger partial charge in [-0.25, -0.2) is 4.98 Å². The third-order valence-electron chi connectivity index (χ3n) is 4.78. The quantitative estimate of drug-likeness (QED) is 0.906. The van der Waals surface area contributed by atoms with E-state index in [2.05, 4.69) is 14.9 Å². The predicted molar refractivity (Wildman–Crippen MR) is 97.7 cm³/mol. The topological polar surface area (TPSA) is 88.0 Å². The van der Waals surface area contributed by atoms with Gasteiger partial charge in [0.25, 0.3) is 5.91 Å². The number of rotatable bonds is 4. The molecular weight excluding hydrogens is 330 g/mol. The third-order valence-corrected chi connectivity index (χ3v) is 4.78. The Labute approximate surface area is 152 Å². The molecule has 4 rings (SSSR count). The van der Waals surface area contributed by atoms with E-state index in [0.29, 0.717) is 24.6 Å². The zero-order valence-corrected chi connectivity index (χ0v) is 14.7. The van der Waals surface area contributed by atoms with Crippen LogP contribution in [0, 0.1) is 0 Å². The van der Waals surface area contributed by atoms with Gasteiger partial charge in [0, 0.05) is 26.2 Å². The zero-order chi connectivity index (χ0) is 17.9. The molecule has 1 atom stereocenters. The Morgan fingerprint density at radius 2 is 2.00 bits per heavy atom. The number of benzene rings is 1. The minimum atomic E-state index is -0.385. The minimum Gasteiger partial charge on any atom is -0.446 e. The van der Waals surface area contributed by atoms with Crippen LogP contribution in [0.1, 0.15) is 40.8 Å². The van der Waals surface area contributed by atoms with Crippen LogP contribution in [0.25, 0.3) is 0 Å². The number of nitrogens with two attached hydrogens (primary N) is 1. The van der Waals surface area contributed by atoms with Gasteiger partial charge >= 0.3 is 0 Å². The van der Waals surface area contributed by atoms with Crippen LogP contribution < -0.4 is 5.73 Å². The van der Waals surface area contributed by atoms with E-state index in [0.717, 1.165) is 44.0 Å². The van der Waals surface area contributed by atoms with Gasteiger partial charge in [-0.3, -0.25) is 14.7 Å². The number of aliphatic imine (C=N–C) groups is 1. The summed E-state index contributed by atoms with van der Waals surface area (Å²) in [4.78, 5) is 25.7. The SMILES string of the molecule is NC(Cc1ccccc1)c1nc(C(=O)N2CCCN3CCCN=C32)co1. The summed E-state index contributed by atoms with van der Waals surface area (Å²) in [6.07, 6.45) is 3.99. The summed E-state index contributed by atoms with van der Waals surface area (Å²) in [5, 5.41) is 0. The molecule has 1 unspecified atom stereocenters. The van der Waals surface area contributed by atoms with Crippen molar-refractivity contribution in [1.29, 1.82) is 0 Å². The first-order valence-electron chi connectivity index (χ1n) is 9.08. The minimum absolute atomic E-state index is 0.169. The number of nitrogens with zero attached hydrogens (tertiary/aromatic N) is 4. The predicted octanol–water partition coefficient (Wildman–Crippen LogP) is 1.82. The Kier molecular flexibility index (Phi) is 4.71. The van der Waals surface area contributed by atoms with Crippen LogP contribution >= 0.6 is 0 Å². The van der Waals surface area contributed by atoms with Crippen molar-refractivity contribution in [3.8, 4) is 0 Å². The van der Waals surface area contributed by atoms with Crippen molar-refractivity contribution in [3.63, 3.8) is 0 Å². The molecule has 7 nitrogen and oxygen atoms in total. The molecule has 0 saturated carbocycles. The largest absolute Gasteiger partial charge is 0.446 e. The average Bonchev–Trinajstić information content (AvgIpc) is 3.18. The van der Waals surface area contributed by atoms with Gasteiger partial charge in [-0.1, -0.05) is 30.3 Å². The fourth-order valence-corrected chi connectivity index (χ4v) is 3.47. The molecule has 1 saturated heterocycles. The maximum Gasteiger partial charge on any atom is 0.282 e. The van der Waals surface area contributed by atoms with Crippen LogP contribution in [-0.4, -0.2) is 52.8 Å². The van der Waals surface area contributed by atoms with E-state index in [4.69, 9.17) is 10.2 Å². The van der Waals surface area contributed by atoms with E-state index in [1.807, 2.05) is 30.3 Å². The van der Waals surface area contributed by atoms with Crippen molar-refractivity contribution in [2.45, 2.75) is 25.3 Å². The van der Waals surface area contributed by atoms with Crippen molar-refractivity contribution < 1.29 is 9.21 Å². The smallest absolute Gasteiger partial charge is 0.282 e. The third kappa shape index (κ3) is 3.35. The molecule has 2 N–H and O–H groups in total. The lowest BCUT2D eigenvalue weighted by Gasteiger charge is -2.39. The molecule has 0 aliphatic carbocycles. The first kappa shape index (κ1) is 16.8. The van der Waals surface area contributed by atoms with Gasteiger partial charge in [0.15, 0.2) is 5.69 Å². The first-order chi connectivity index (χ1) is 12.7. The molecule has 2 aromatic rings. The lowest BCUT2D eigenvalue weighted by atomic mass is 10.1. The molecule has 0 spiro atoms. The van der Waals surface area contributed by atoms with E-state index >= 15 is 0 Å². The van der Waals surface area contributed by atoms with E-state index < -0.39 is 0 Å². The fourth-order valence-electron chi connectivity index (χ4n) is 3.47. The van der Waals surface area contributed by atoms with E-state index in [9.17, 15) is 4.79 Å². The molecule has 1 fully saturated rings. The van der Waals surface area contributed by atoms with Gasteiger partial charge in [-0.05, 0) is 24.8 Å². The summed E-state index contributed by atoms with van der Waals surface area (Å²) in [5.74, 6) is 0.986. The molecule has 1 aromatic carbocycles. The van der Waals surface area contributed by atoms with E-state index in [1.165, 1.54) is 6.26 Å². The van der Waals surface area contributed by atoms with Crippen molar-refractivity contribution in [1.82, 2.24) is 14.8 Å². The van der Waals surface area contributed by atoms with Crippen molar-refractivity contribution >= 4 is 11.9 Å². The summed E-state index contributed by atoms with van der Waals surface area (Å²) in [6.45, 7) is 3.33. The number of fused-ring (bicyclic) bond motifs is 1. The van der Waals surface area contributed by atoms with Crippen LogP contribution in [0.3, 0.4) is 0 Å². The Bertz CT molecular complexity index is 801. The lowest BCUT2D eigenvalue weighted by molar-refractivity contribution is 0.0795. The summed E-state index contributed by atoms with van der Waals surface area (Å²) in [6, 6.07) is 9.55. The highest BCUT2D eigenvalue weighted by Crippen LogP contribution is 2.19. The molecule has 136 valence electrons. The summed E-state index contributed by atoms with van der Waals surface area (Å²) < 4.78 is 5.51. The highest BCUT2D eigenvalue weighted by molar-refractivity contribution is 6.05. The summed E-state index contributed by atoms with van der Waals surface area (Å²) in [7, 11) is 0. The van der Waals surface area contributed by atoms with Crippen molar-refractivity contribution in [2.24, 2.45) is 10.7 Å². The van der Waals surface area contributed by atoms with Crippen LogP contribution in [0.4, 0.5) is 0 Å². The number of carbonyl (C=O) groups is 1. The van der Waals surface area contributed by atoms with Crippen LogP contribution in [0.2, 0.25) is 0 Å². The Balaban J connectivity index is 1.48. The Morgan fingerprint density at radius 3 is 2.85 bits per heavy atom.